The van der Waals surface area contributed by atoms with E-state index < -0.39 is 22.2 Å². The molecular formula is C30H26F3IN2O5S. The van der Waals surface area contributed by atoms with Crippen molar-refractivity contribution in [3.05, 3.63) is 111 Å². The lowest BCUT2D eigenvalue weighted by molar-refractivity contribution is -0.192. The van der Waals surface area contributed by atoms with E-state index in [2.05, 4.69) is 56.9 Å². The van der Waals surface area contributed by atoms with E-state index in [9.17, 15) is 26.7 Å². The Morgan fingerprint density at radius 1 is 0.929 bits per heavy atom. The van der Waals surface area contributed by atoms with Crippen LogP contribution in [0.1, 0.15) is 22.7 Å². The van der Waals surface area contributed by atoms with E-state index in [0.717, 1.165) is 34.1 Å². The smallest absolute Gasteiger partial charge is 0.490 e. The zero-order chi connectivity index (χ0) is 30.5. The molecule has 1 heterocycles. The minimum Gasteiger partial charge on any atom is -0.508 e. The molecule has 4 aromatic rings. The average Bonchev–Trinajstić information content (AvgIpc) is 2.94. The molecule has 1 unspecified atom stereocenters. The van der Waals surface area contributed by atoms with Gasteiger partial charge in [0.2, 0.25) is 0 Å². The maximum absolute atomic E-state index is 12.6. The Balaban J connectivity index is 0.000000517. The van der Waals surface area contributed by atoms with Crippen LogP contribution in [0.5, 0.6) is 5.75 Å². The predicted molar refractivity (Wildman–Crippen MR) is 162 cm³/mol. The van der Waals surface area contributed by atoms with Gasteiger partial charge in [0.1, 0.15) is 5.75 Å². The van der Waals surface area contributed by atoms with Crippen LogP contribution in [0.4, 0.5) is 18.9 Å². The van der Waals surface area contributed by atoms with Gasteiger partial charge >= 0.3 is 12.1 Å². The van der Waals surface area contributed by atoms with Gasteiger partial charge in [0.15, 0.2) is 0 Å². The molecule has 4 N–H and O–H groups in total. The van der Waals surface area contributed by atoms with E-state index in [1.807, 2.05) is 24.3 Å². The van der Waals surface area contributed by atoms with Crippen molar-refractivity contribution in [3.63, 3.8) is 0 Å². The number of nitrogens with one attached hydrogen (secondary N) is 2. The summed E-state index contributed by atoms with van der Waals surface area (Å²) in [6, 6.07) is 28.4. The van der Waals surface area contributed by atoms with E-state index in [4.69, 9.17) is 9.90 Å². The van der Waals surface area contributed by atoms with Crippen molar-refractivity contribution in [3.8, 4) is 16.9 Å². The molecule has 0 amide bonds. The quantitative estimate of drug-likeness (QED) is 0.169. The topological polar surface area (TPSA) is 116 Å². The second-order valence-electron chi connectivity index (χ2n) is 9.48. The standard InChI is InChI=1S/C28H25IN2O3S.C2HF3O2/c29-23-8-13-26(14-9-23)35(33,34)31-24-10-5-21(6-11-24)20-3-1-19(2-4-20)17-28-27-18-25(32)12-7-22(27)15-16-30-28;3-2(4,5)1(6)7/h1-14,18,28,30-32H,15-17H2;(H,6,7). The van der Waals surface area contributed by atoms with Crippen molar-refractivity contribution in [2.45, 2.75) is 30.0 Å². The third-order valence-corrected chi connectivity index (χ3v) is 8.64. The zero-order valence-electron chi connectivity index (χ0n) is 21.9. The molecule has 0 aliphatic carbocycles. The van der Waals surface area contributed by atoms with Crippen LogP contribution in [0.25, 0.3) is 11.1 Å². The second kappa shape index (κ2) is 13.1. The van der Waals surface area contributed by atoms with Crippen LogP contribution < -0.4 is 10.0 Å². The van der Waals surface area contributed by atoms with Gasteiger partial charge < -0.3 is 15.5 Å². The molecule has 1 aliphatic rings. The number of halogens is 4. The number of phenolic OH excluding ortho intramolecular Hbond substituents is 1. The molecule has 7 nitrogen and oxygen atoms in total. The maximum atomic E-state index is 12.6. The molecule has 0 saturated carbocycles. The number of rotatable bonds is 6. The lowest BCUT2D eigenvalue weighted by atomic mass is 9.90. The van der Waals surface area contributed by atoms with Crippen molar-refractivity contribution in [1.82, 2.24) is 5.32 Å². The summed E-state index contributed by atoms with van der Waals surface area (Å²) in [4.78, 5) is 9.13. The molecule has 4 aromatic carbocycles. The summed E-state index contributed by atoms with van der Waals surface area (Å²) in [5, 5.41) is 20.6. The largest absolute Gasteiger partial charge is 0.508 e. The number of carboxylic acids is 1. The number of phenols is 1. The fourth-order valence-corrected chi connectivity index (χ4v) is 5.85. The van der Waals surface area contributed by atoms with Crippen LogP contribution in [0.15, 0.2) is 95.9 Å². The minimum absolute atomic E-state index is 0.178. The molecule has 0 bridgehead atoms. The summed E-state index contributed by atoms with van der Waals surface area (Å²) >= 11 is 2.15. The van der Waals surface area contributed by atoms with Crippen LogP contribution in [-0.4, -0.2) is 37.3 Å². The molecular weight excluding hydrogens is 684 g/mol. The molecule has 0 radical (unpaired) electrons. The Morgan fingerprint density at radius 3 is 2.07 bits per heavy atom. The van der Waals surface area contributed by atoms with Gasteiger partial charge in [0, 0.05) is 15.3 Å². The van der Waals surface area contributed by atoms with Crippen molar-refractivity contribution in [1.29, 1.82) is 0 Å². The first-order valence-corrected chi connectivity index (χ1v) is 15.2. The highest BCUT2D eigenvalue weighted by molar-refractivity contribution is 14.1. The number of hydrogen-bond donors (Lipinski definition) is 4. The van der Waals surface area contributed by atoms with Crippen LogP contribution >= 0.6 is 22.6 Å². The highest BCUT2D eigenvalue weighted by Crippen LogP contribution is 2.30. The maximum Gasteiger partial charge on any atom is 0.490 e. The summed E-state index contributed by atoms with van der Waals surface area (Å²) in [7, 11) is -3.63. The molecule has 42 heavy (non-hydrogen) atoms. The molecule has 0 spiro atoms. The highest BCUT2D eigenvalue weighted by atomic mass is 127. The number of benzene rings is 4. The lowest BCUT2D eigenvalue weighted by Crippen LogP contribution is -2.31. The third-order valence-electron chi connectivity index (χ3n) is 6.52. The predicted octanol–water partition coefficient (Wildman–Crippen LogP) is 6.53. The third kappa shape index (κ3) is 8.23. The van der Waals surface area contributed by atoms with Gasteiger partial charge in [-0.15, -0.1) is 0 Å². The molecule has 0 fully saturated rings. The van der Waals surface area contributed by atoms with E-state index >= 15 is 0 Å². The highest BCUT2D eigenvalue weighted by Gasteiger charge is 2.38. The number of aliphatic carboxylic acids is 1. The monoisotopic (exact) mass is 710 g/mol. The van der Waals surface area contributed by atoms with Gasteiger partial charge in [-0.05, 0) is 118 Å². The van der Waals surface area contributed by atoms with E-state index in [1.54, 1.807) is 42.5 Å². The number of carboxylic acid groups (broad SMARTS) is 1. The average molecular weight is 711 g/mol. The molecule has 12 heteroatoms. The van der Waals surface area contributed by atoms with E-state index in [-0.39, 0.29) is 10.9 Å². The van der Waals surface area contributed by atoms with E-state index in [1.165, 1.54) is 16.7 Å². The Labute approximate surface area is 254 Å². The Hall–Kier alpha value is -3.62. The van der Waals surface area contributed by atoms with Crippen LogP contribution in [0.3, 0.4) is 0 Å². The van der Waals surface area contributed by atoms with Gasteiger partial charge in [0.25, 0.3) is 10.0 Å². The lowest BCUT2D eigenvalue weighted by Gasteiger charge is -2.27. The fourth-order valence-electron chi connectivity index (χ4n) is 4.44. The molecule has 5 rings (SSSR count). The zero-order valence-corrected chi connectivity index (χ0v) is 24.9. The number of aromatic hydroxyl groups is 1. The summed E-state index contributed by atoms with van der Waals surface area (Å²) in [6.07, 6.45) is -3.27. The number of alkyl halides is 3. The van der Waals surface area contributed by atoms with Crippen molar-refractivity contribution in [2.24, 2.45) is 0 Å². The molecule has 1 aliphatic heterocycles. The van der Waals surface area contributed by atoms with Gasteiger partial charge in [-0.1, -0.05) is 42.5 Å². The molecule has 0 saturated heterocycles. The SMILES string of the molecule is O=C(O)C(F)(F)F.O=S(=O)(Nc1ccc(-c2ccc(CC3NCCc4ccc(O)cc43)cc2)cc1)c1ccc(I)cc1. The Morgan fingerprint density at radius 2 is 1.50 bits per heavy atom. The Bertz CT molecular complexity index is 1640. The number of hydrogen-bond acceptors (Lipinski definition) is 5. The van der Waals surface area contributed by atoms with Gasteiger partial charge in [-0.2, -0.15) is 13.2 Å². The van der Waals surface area contributed by atoms with Crippen LogP contribution in [0.2, 0.25) is 0 Å². The van der Waals surface area contributed by atoms with Crippen molar-refractivity contribution < 1.29 is 36.6 Å². The first-order chi connectivity index (χ1) is 19.8. The number of fused-ring (bicyclic) bond motifs is 1. The van der Waals surface area contributed by atoms with Crippen LogP contribution in [0, 0.1) is 3.57 Å². The van der Waals surface area contributed by atoms with Gasteiger partial charge in [-0.25, -0.2) is 13.2 Å². The first kappa shape index (κ1) is 31.3. The summed E-state index contributed by atoms with van der Waals surface area (Å²) in [6.45, 7) is 0.931. The van der Waals surface area contributed by atoms with Gasteiger partial charge in [0.05, 0.1) is 4.90 Å². The molecule has 220 valence electrons. The number of carbonyl (C=O) groups is 1. The van der Waals surface area contributed by atoms with Crippen molar-refractivity contribution >= 4 is 44.3 Å². The number of anilines is 1. The first-order valence-electron chi connectivity index (χ1n) is 12.6. The fraction of sp³-hybridized carbons (Fsp3) is 0.167. The minimum atomic E-state index is -5.08. The van der Waals surface area contributed by atoms with Crippen molar-refractivity contribution in [2.75, 3.05) is 11.3 Å². The Kier molecular flexibility index (Phi) is 9.79. The summed E-state index contributed by atoms with van der Waals surface area (Å²) in [5.74, 6) is -2.45. The van der Waals surface area contributed by atoms with Crippen LogP contribution in [-0.2, 0) is 27.7 Å². The summed E-state index contributed by atoms with van der Waals surface area (Å²) in [5.41, 5.74) is 6.28. The molecule has 0 aromatic heterocycles. The molecule has 1 atom stereocenters. The second-order valence-corrected chi connectivity index (χ2v) is 12.4. The van der Waals surface area contributed by atoms with E-state index in [0.29, 0.717) is 11.4 Å². The van der Waals surface area contributed by atoms with Gasteiger partial charge in [-0.3, -0.25) is 4.72 Å². The summed E-state index contributed by atoms with van der Waals surface area (Å²) < 4.78 is 60.6. The normalized spacial score (nSPS) is 14.7. The number of sulfonamides is 1.